The topological polar surface area (TPSA) is 55.1 Å². The summed E-state index contributed by atoms with van der Waals surface area (Å²) in [7, 11) is 0. The molecule has 1 amide bonds. The number of thioether (sulfide) groups is 1. The van der Waals surface area contributed by atoms with Crippen LogP contribution in [0.3, 0.4) is 0 Å². The number of benzene rings is 3. The quantitative estimate of drug-likeness (QED) is 0.461. The van der Waals surface area contributed by atoms with E-state index in [0.717, 1.165) is 27.9 Å². The minimum atomic E-state index is -0.345. The first-order valence-corrected chi connectivity index (χ1v) is 9.56. The number of carbonyl (C=O) groups excluding carboxylic acids is 1. The number of para-hydroxylation sites is 3. The fraction of sp³-hybridized carbons (Fsp3) is 0.0909. The van der Waals surface area contributed by atoms with Gasteiger partial charge in [-0.1, -0.05) is 72.4 Å². The number of hydrogen-bond donors (Lipinski definition) is 1. The van der Waals surface area contributed by atoms with Crippen LogP contribution in [0.2, 0.25) is 0 Å². The standard InChI is InChI=1S/C22H18N2O2S/c1-15(27-22-24-19-13-7-8-14-20(19)26-22)21(25)23-18-12-6-5-11-17(18)16-9-3-2-4-10-16/h2-15H,1H3,(H,23,25). The van der Waals surface area contributed by atoms with Crippen molar-refractivity contribution in [1.29, 1.82) is 0 Å². The second kappa shape index (κ2) is 7.68. The molecule has 0 aliphatic heterocycles. The normalized spacial score (nSPS) is 12.0. The minimum Gasteiger partial charge on any atom is -0.431 e. The van der Waals surface area contributed by atoms with E-state index in [1.54, 1.807) is 0 Å². The maximum atomic E-state index is 12.7. The number of carbonyl (C=O) groups is 1. The van der Waals surface area contributed by atoms with Crippen molar-refractivity contribution in [2.24, 2.45) is 0 Å². The van der Waals surface area contributed by atoms with Crippen LogP contribution in [0.25, 0.3) is 22.2 Å². The predicted octanol–water partition coefficient (Wildman–Crippen LogP) is 5.61. The van der Waals surface area contributed by atoms with E-state index in [2.05, 4.69) is 10.3 Å². The van der Waals surface area contributed by atoms with E-state index in [0.29, 0.717) is 5.22 Å². The number of anilines is 1. The highest BCUT2D eigenvalue weighted by Crippen LogP contribution is 2.30. The highest BCUT2D eigenvalue weighted by Gasteiger charge is 2.19. The predicted molar refractivity (Wildman–Crippen MR) is 110 cm³/mol. The third-order valence-corrected chi connectivity index (χ3v) is 5.13. The van der Waals surface area contributed by atoms with Gasteiger partial charge in [0.2, 0.25) is 5.91 Å². The molecule has 134 valence electrons. The SMILES string of the molecule is CC(Sc1nc2ccccc2o1)C(=O)Nc1ccccc1-c1ccccc1. The van der Waals surface area contributed by atoms with E-state index >= 15 is 0 Å². The molecule has 4 nitrogen and oxygen atoms in total. The number of oxazole rings is 1. The number of amides is 1. The van der Waals surface area contributed by atoms with Crippen LogP contribution in [-0.2, 0) is 4.79 Å². The molecule has 4 aromatic rings. The molecule has 0 aliphatic carbocycles. The number of nitrogens with one attached hydrogen (secondary N) is 1. The number of aromatic nitrogens is 1. The van der Waals surface area contributed by atoms with Crippen LogP contribution in [0, 0.1) is 0 Å². The summed E-state index contributed by atoms with van der Waals surface area (Å²) in [5, 5.41) is 3.18. The smallest absolute Gasteiger partial charge is 0.257 e. The summed E-state index contributed by atoms with van der Waals surface area (Å²) >= 11 is 1.31. The number of hydrogen-bond acceptors (Lipinski definition) is 4. The van der Waals surface area contributed by atoms with E-state index in [-0.39, 0.29) is 11.2 Å². The first-order chi connectivity index (χ1) is 13.2. The Bertz CT molecular complexity index is 1040. The summed E-state index contributed by atoms with van der Waals surface area (Å²) < 4.78 is 5.70. The Balaban J connectivity index is 1.50. The molecule has 0 saturated carbocycles. The largest absolute Gasteiger partial charge is 0.431 e. The number of fused-ring (bicyclic) bond motifs is 1. The van der Waals surface area contributed by atoms with Gasteiger partial charge in [-0.15, -0.1) is 0 Å². The molecule has 1 heterocycles. The van der Waals surface area contributed by atoms with E-state index in [9.17, 15) is 4.79 Å². The summed E-state index contributed by atoms with van der Waals surface area (Å²) in [4.78, 5) is 17.1. The van der Waals surface area contributed by atoms with Gasteiger partial charge in [-0.05, 0) is 30.7 Å². The van der Waals surface area contributed by atoms with Gasteiger partial charge in [0.15, 0.2) is 5.58 Å². The lowest BCUT2D eigenvalue weighted by molar-refractivity contribution is -0.115. The Morgan fingerprint density at radius 1 is 0.963 bits per heavy atom. The fourth-order valence-electron chi connectivity index (χ4n) is 2.80. The average Bonchev–Trinajstić information content (AvgIpc) is 3.11. The van der Waals surface area contributed by atoms with Gasteiger partial charge >= 0.3 is 0 Å². The fourth-order valence-corrected chi connectivity index (χ4v) is 3.56. The first kappa shape index (κ1) is 17.4. The molecule has 0 aliphatic rings. The van der Waals surface area contributed by atoms with Gasteiger partial charge in [0, 0.05) is 11.3 Å². The monoisotopic (exact) mass is 374 g/mol. The van der Waals surface area contributed by atoms with Crippen molar-refractivity contribution in [3.8, 4) is 11.1 Å². The molecule has 0 fully saturated rings. The summed E-state index contributed by atoms with van der Waals surface area (Å²) in [6.07, 6.45) is 0. The average molecular weight is 374 g/mol. The summed E-state index contributed by atoms with van der Waals surface area (Å²) in [5.74, 6) is -0.0920. The van der Waals surface area contributed by atoms with Crippen LogP contribution in [0.15, 0.2) is 88.5 Å². The molecule has 0 bridgehead atoms. The lowest BCUT2D eigenvalue weighted by Crippen LogP contribution is -2.22. The maximum absolute atomic E-state index is 12.7. The van der Waals surface area contributed by atoms with Crippen molar-refractivity contribution in [3.63, 3.8) is 0 Å². The number of nitrogens with zero attached hydrogens (tertiary/aromatic N) is 1. The van der Waals surface area contributed by atoms with Gasteiger partial charge < -0.3 is 9.73 Å². The van der Waals surface area contributed by atoms with Crippen LogP contribution in [0.4, 0.5) is 5.69 Å². The molecule has 27 heavy (non-hydrogen) atoms. The molecular formula is C22H18N2O2S. The van der Waals surface area contributed by atoms with Gasteiger partial charge in [0.25, 0.3) is 5.22 Å². The van der Waals surface area contributed by atoms with Crippen molar-refractivity contribution < 1.29 is 9.21 Å². The van der Waals surface area contributed by atoms with Crippen molar-refractivity contribution in [2.75, 3.05) is 5.32 Å². The van der Waals surface area contributed by atoms with Gasteiger partial charge in [-0.3, -0.25) is 4.79 Å². The molecule has 1 atom stereocenters. The van der Waals surface area contributed by atoms with Crippen molar-refractivity contribution in [3.05, 3.63) is 78.9 Å². The number of rotatable bonds is 5. The Morgan fingerprint density at radius 3 is 2.48 bits per heavy atom. The third-order valence-electron chi connectivity index (χ3n) is 4.19. The second-order valence-electron chi connectivity index (χ2n) is 6.11. The van der Waals surface area contributed by atoms with E-state index in [1.165, 1.54) is 11.8 Å². The summed E-state index contributed by atoms with van der Waals surface area (Å²) in [6, 6.07) is 25.4. The van der Waals surface area contributed by atoms with Gasteiger partial charge in [-0.25, -0.2) is 4.98 Å². The van der Waals surface area contributed by atoms with Crippen molar-refractivity contribution in [1.82, 2.24) is 4.98 Å². The second-order valence-corrected chi connectivity index (χ2v) is 7.40. The molecule has 0 saturated heterocycles. The molecular weight excluding hydrogens is 356 g/mol. The van der Waals surface area contributed by atoms with E-state index in [1.807, 2.05) is 85.8 Å². The first-order valence-electron chi connectivity index (χ1n) is 8.68. The molecule has 5 heteroatoms. The Morgan fingerprint density at radius 2 is 1.67 bits per heavy atom. The Hall–Kier alpha value is -3.05. The van der Waals surface area contributed by atoms with Crippen molar-refractivity contribution in [2.45, 2.75) is 17.4 Å². The zero-order valence-electron chi connectivity index (χ0n) is 14.8. The van der Waals surface area contributed by atoms with Crippen molar-refractivity contribution >= 4 is 34.5 Å². The highest BCUT2D eigenvalue weighted by atomic mass is 32.2. The molecule has 1 N–H and O–H groups in total. The highest BCUT2D eigenvalue weighted by molar-refractivity contribution is 8.00. The summed E-state index contributed by atoms with van der Waals surface area (Å²) in [6.45, 7) is 1.85. The third kappa shape index (κ3) is 3.88. The maximum Gasteiger partial charge on any atom is 0.257 e. The molecule has 3 aromatic carbocycles. The molecule has 1 aromatic heterocycles. The lowest BCUT2D eigenvalue weighted by atomic mass is 10.0. The van der Waals surface area contributed by atoms with E-state index < -0.39 is 0 Å². The van der Waals surface area contributed by atoms with Crippen LogP contribution < -0.4 is 5.32 Å². The zero-order chi connectivity index (χ0) is 18.6. The van der Waals surface area contributed by atoms with E-state index in [4.69, 9.17) is 4.42 Å². The van der Waals surface area contributed by atoms with Gasteiger partial charge in [-0.2, -0.15) is 0 Å². The molecule has 0 spiro atoms. The van der Waals surface area contributed by atoms with Crippen LogP contribution >= 0.6 is 11.8 Å². The lowest BCUT2D eigenvalue weighted by Gasteiger charge is -2.14. The van der Waals surface area contributed by atoms with Gasteiger partial charge in [0.1, 0.15) is 5.52 Å². The minimum absolute atomic E-state index is 0.0920. The van der Waals surface area contributed by atoms with Crippen LogP contribution in [0.5, 0.6) is 0 Å². The van der Waals surface area contributed by atoms with Crippen LogP contribution in [-0.4, -0.2) is 16.1 Å². The molecule has 1 unspecified atom stereocenters. The summed E-state index contributed by atoms with van der Waals surface area (Å²) in [5.41, 5.74) is 4.36. The Kier molecular flexibility index (Phi) is 4.94. The zero-order valence-corrected chi connectivity index (χ0v) is 15.6. The Labute approximate surface area is 161 Å². The van der Waals surface area contributed by atoms with Crippen LogP contribution in [0.1, 0.15) is 6.92 Å². The van der Waals surface area contributed by atoms with Gasteiger partial charge in [0.05, 0.1) is 5.25 Å². The molecule has 0 radical (unpaired) electrons. The molecule has 4 rings (SSSR count).